The lowest BCUT2D eigenvalue weighted by molar-refractivity contribution is -0.127. The van der Waals surface area contributed by atoms with Crippen LogP contribution in [-0.4, -0.2) is 50.0 Å². The van der Waals surface area contributed by atoms with Gasteiger partial charge < -0.3 is 14.6 Å². The molecular formula is C27H37N3O5S. The molecule has 0 unspecified atom stereocenters. The predicted octanol–water partition coefficient (Wildman–Crippen LogP) is 4.50. The highest BCUT2D eigenvalue weighted by Crippen LogP contribution is 2.32. The third kappa shape index (κ3) is 5.67. The average Bonchev–Trinajstić information content (AvgIpc) is 3.27. The van der Waals surface area contributed by atoms with E-state index in [2.05, 4.69) is 24.3 Å². The standard InChI is InChI=1S/C27H37N3O5S/c1-18-6-5-7-24(19(18)2)28-27(31)22-14-16-30(17-15-22)36(32,33)26-20(3)29-35-25(26)13-10-21-8-11-23(34-4)12-9-21/h8-13,18-19,22,24H,5-7,14-17H2,1-4H3,(H,28,31)/b13-10-/t18-,19-,24+/m0/s1. The zero-order valence-corrected chi connectivity index (χ0v) is 22.4. The first-order valence-electron chi connectivity index (χ1n) is 12.8. The zero-order valence-electron chi connectivity index (χ0n) is 21.6. The quantitative estimate of drug-likeness (QED) is 0.582. The van der Waals surface area contributed by atoms with Crippen LogP contribution in [0.2, 0.25) is 0 Å². The molecule has 2 aromatic rings. The maximum Gasteiger partial charge on any atom is 0.248 e. The molecular weight excluding hydrogens is 478 g/mol. The van der Waals surface area contributed by atoms with Crippen molar-refractivity contribution < 1.29 is 22.5 Å². The molecule has 0 bridgehead atoms. The van der Waals surface area contributed by atoms with Crippen LogP contribution in [0.4, 0.5) is 0 Å². The summed E-state index contributed by atoms with van der Waals surface area (Å²) in [7, 11) is -2.21. The molecule has 0 radical (unpaired) electrons. The molecule has 2 fully saturated rings. The van der Waals surface area contributed by atoms with Crippen molar-refractivity contribution in [2.45, 2.75) is 63.8 Å². The van der Waals surface area contributed by atoms with Crippen molar-refractivity contribution in [3.63, 3.8) is 0 Å². The van der Waals surface area contributed by atoms with Crippen LogP contribution in [0.15, 0.2) is 33.7 Å². The van der Waals surface area contributed by atoms with Crippen molar-refractivity contribution in [3.05, 3.63) is 41.3 Å². The van der Waals surface area contributed by atoms with Crippen LogP contribution in [0.5, 0.6) is 5.75 Å². The summed E-state index contributed by atoms with van der Waals surface area (Å²) in [6.45, 7) is 6.69. The molecule has 1 amide bonds. The van der Waals surface area contributed by atoms with Crippen LogP contribution in [-0.2, 0) is 14.8 Å². The van der Waals surface area contributed by atoms with Crippen molar-refractivity contribution >= 4 is 28.1 Å². The van der Waals surface area contributed by atoms with Gasteiger partial charge >= 0.3 is 0 Å². The number of benzene rings is 1. The average molecular weight is 516 g/mol. The Kier molecular flexibility index (Phi) is 8.20. The SMILES string of the molecule is COc1ccc(/C=C\c2onc(C)c2S(=O)(=O)N2CCC(C(=O)N[C@@H]3CCC[C@H](C)[C@@H]3C)CC2)cc1. The number of sulfonamides is 1. The Bertz CT molecular complexity index is 1180. The van der Waals surface area contributed by atoms with Gasteiger partial charge in [0.15, 0.2) is 10.7 Å². The van der Waals surface area contributed by atoms with E-state index in [1.165, 1.54) is 10.7 Å². The van der Waals surface area contributed by atoms with E-state index in [1.54, 1.807) is 26.2 Å². The number of carbonyl (C=O) groups excluding carboxylic acids is 1. The van der Waals surface area contributed by atoms with Gasteiger partial charge in [-0.15, -0.1) is 0 Å². The molecule has 196 valence electrons. The number of hydrogen-bond donors (Lipinski definition) is 1. The first-order valence-corrected chi connectivity index (χ1v) is 14.2. The van der Waals surface area contributed by atoms with E-state index < -0.39 is 10.0 Å². The topological polar surface area (TPSA) is 102 Å². The summed E-state index contributed by atoms with van der Waals surface area (Å²) in [6.07, 6.45) is 7.78. The smallest absolute Gasteiger partial charge is 0.248 e. The summed E-state index contributed by atoms with van der Waals surface area (Å²) in [5.41, 5.74) is 1.20. The summed E-state index contributed by atoms with van der Waals surface area (Å²) in [4.78, 5) is 13.0. The van der Waals surface area contributed by atoms with Crippen LogP contribution in [0.25, 0.3) is 12.2 Å². The fourth-order valence-electron chi connectivity index (χ4n) is 5.26. The first kappa shape index (κ1) is 26.4. The van der Waals surface area contributed by atoms with Gasteiger partial charge in [0.2, 0.25) is 15.9 Å². The molecule has 1 aliphatic heterocycles. The van der Waals surface area contributed by atoms with Crippen LogP contribution in [0, 0.1) is 24.7 Å². The molecule has 1 aromatic heterocycles. The van der Waals surface area contributed by atoms with Gasteiger partial charge in [-0.25, -0.2) is 8.42 Å². The van der Waals surface area contributed by atoms with Crippen LogP contribution in [0.3, 0.4) is 0 Å². The van der Waals surface area contributed by atoms with Gasteiger partial charge in [0.1, 0.15) is 11.4 Å². The fraction of sp³-hybridized carbons (Fsp3) is 0.556. The molecule has 36 heavy (non-hydrogen) atoms. The maximum absolute atomic E-state index is 13.5. The Morgan fingerprint density at radius 1 is 1.11 bits per heavy atom. The Labute approximate surface area is 214 Å². The predicted molar refractivity (Wildman–Crippen MR) is 139 cm³/mol. The number of carbonyl (C=O) groups is 1. The molecule has 0 spiro atoms. The zero-order chi connectivity index (χ0) is 25.9. The monoisotopic (exact) mass is 515 g/mol. The molecule has 1 aliphatic carbocycles. The Hall–Kier alpha value is -2.65. The van der Waals surface area contributed by atoms with Crippen molar-refractivity contribution in [1.29, 1.82) is 0 Å². The molecule has 3 atom stereocenters. The van der Waals surface area contributed by atoms with Gasteiger partial charge in [-0.3, -0.25) is 4.79 Å². The van der Waals surface area contributed by atoms with E-state index in [1.807, 2.05) is 24.3 Å². The Balaban J connectivity index is 1.41. The van der Waals surface area contributed by atoms with Gasteiger partial charge in [0.25, 0.3) is 0 Å². The van der Waals surface area contributed by atoms with E-state index in [0.29, 0.717) is 43.5 Å². The van der Waals surface area contributed by atoms with Gasteiger partial charge in [-0.1, -0.05) is 50.1 Å². The summed E-state index contributed by atoms with van der Waals surface area (Å²) < 4.78 is 39.1. The fourth-order valence-corrected chi connectivity index (χ4v) is 6.98. The first-order chi connectivity index (χ1) is 17.2. The number of ether oxygens (including phenoxy) is 1. The minimum Gasteiger partial charge on any atom is -0.497 e. The molecule has 4 rings (SSSR count). The van der Waals surface area contributed by atoms with Crippen molar-refractivity contribution in [2.24, 2.45) is 17.8 Å². The summed E-state index contributed by atoms with van der Waals surface area (Å²) in [6, 6.07) is 7.62. The van der Waals surface area contributed by atoms with Crippen molar-refractivity contribution in [3.8, 4) is 5.75 Å². The molecule has 1 saturated heterocycles. The third-order valence-electron chi connectivity index (χ3n) is 7.83. The number of nitrogens with zero attached hydrogens (tertiary/aromatic N) is 2. The molecule has 2 aliphatic rings. The Morgan fingerprint density at radius 3 is 2.47 bits per heavy atom. The number of aryl methyl sites for hydroxylation is 1. The highest BCUT2D eigenvalue weighted by atomic mass is 32.2. The molecule has 1 saturated carbocycles. The normalized spacial score (nSPS) is 24.2. The highest BCUT2D eigenvalue weighted by molar-refractivity contribution is 7.89. The second-order valence-electron chi connectivity index (χ2n) is 10.1. The number of rotatable bonds is 7. The van der Waals surface area contributed by atoms with E-state index in [9.17, 15) is 13.2 Å². The van der Waals surface area contributed by atoms with Crippen LogP contribution >= 0.6 is 0 Å². The maximum atomic E-state index is 13.5. The van der Waals surface area contributed by atoms with Gasteiger partial charge in [0.05, 0.1) is 7.11 Å². The van der Waals surface area contributed by atoms with E-state index in [4.69, 9.17) is 9.26 Å². The summed E-state index contributed by atoms with van der Waals surface area (Å²) in [5.74, 6) is 1.90. The van der Waals surface area contributed by atoms with Crippen molar-refractivity contribution in [1.82, 2.24) is 14.8 Å². The van der Waals surface area contributed by atoms with E-state index in [0.717, 1.165) is 24.2 Å². The largest absolute Gasteiger partial charge is 0.497 e. The number of aromatic nitrogens is 1. The summed E-state index contributed by atoms with van der Waals surface area (Å²) >= 11 is 0. The number of methoxy groups -OCH3 is 1. The molecule has 8 nitrogen and oxygen atoms in total. The molecule has 9 heteroatoms. The minimum absolute atomic E-state index is 0.0577. The second kappa shape index (κ2) is 11.2. The van der Waals surface area contributed by atoms with Crippen molar-refractivity contribution in [2.75, 3.05) is 20.2 Å². The van der Waals surface area contributed by atoms with Crippen LogP contribution in [0.1, 0.15) is 63.0 Å². The molecule has 1 aromatic carbocycles. The number of hydrogen-bond acceptors (Lipinski definition) is 6. The number of piperidine rings is 1. The van der Waals surface area contributed by atoms with Gasteiger partial charge in [-0.05, 0) is 61.8 Å². The van der Waals surface area contributed by atoms with E-state index >= 15 is 0 Å². The lowest BCUT2D eigenvalue weighted by Gasteiger charge is -2.36. The minimum atomic E-state index is -3.81. The van der Waals surface area contributed by atoms with Gasteiger partial charge in [-0.2, -0.15) is 4.31 Å². The second-order valence-corrected chi connectivity index (χ2v) is 12.0. The highest BCUT2D eigenvalue weighted by Gasteiger charge is 2.37. The van der Waals surface area contributed by atoms with Gasteiger partial charge in [0, 0.05) is 25.0 Å². The lowest BCUT2D eigenvalue weighted by Crippen LogP contribution is -2.48. The number of nitrogens with one attached hydrogen (secondary N) is 1. The molecule has 2 heterocycles. The molecule has 1 N–H and O–H groups in total. The number of amides is 1. The summed E-state index contributed by atoms with van der Waals surface area (Å²) in [5, 5.41) is 7.18. The van der Waals surface area contributed by atoms with Crippen LogP contribution < -0.4 is 10.1 Å². The Morgan fingerprint density at radius 2 is 1.81 bits per heavy atom. The van der Waals surface area contributed by atoms with E-state index in [-0.39, 0.29) is 28.5 Å². The third-order valence-corrected chi connectivity index (χ3v) is 9.89. The lowest BCUT2D eigenvalue weighted by atomic mass is 9.78.